The van der Waals surface area contributed by atoms with Gasteiger partial charge in [0, 0.05) is 12.1 Å². The van der Waals surface area contributed by atoms with Crippen molar-refractivity contribution in [1.29, 1.82) is 0 Å². The Kier molecular flexibility index (Phi) is 10.0. The molecule has 0 heterocycles. The second-order valence-electron chi connectivity index (χ2n) is 9.38. The van der Waals surface area contributed by atoms with Crippen LogP contribution in [0, 0.1) is 0 Å². The number of halogens is 2. The smallest absolute Gasteiger partial charge is 0.244 e. The monoisotopic (exact) mass is 557 g/mol. The Hall–Kier alpha value is -2.49. The second-order valence-corrected chi connectivity index (χ2v) is 12.1. The van der Waals surface area contributed by atoms with Crippen LogP contribution in [0.1, 0.15) is 40.2 Å². The predicted molar refractivity (Wildman–Crippen MR) is 144 cm³/mol. The van der Waals surface area contributed by atoms with Gasteiger partial charge in [-0.05, 0) is 76.6 Å². The van der Waals surface area contributed by atoms with Crippen molar-refractivity contribution in [3.63, 3.8) is 0 Å². The van der Waals surface area contributed by atoms with E-state index in [0.717, 1.165) is 10.6 Å². The molecule has 0 saturated carbocycles. The minimum absolute atomic E-state index is 0.0231. The van der Waals surface area contributed by atoms with Gasteiger partial charge in [0.2, 0.25) is 21.8 Å². The topological polar surface area (TPSA) is 96.0 Å². The molecule has 0 spiro atoms. The van der Waals surface area contributed by atoms with E-state index in [4.69, 9.17) is 27.9 Å². The first-order chi connectivity index (χ1) is 16.6. The molecule has 0 radical (unpaired) electrons. The molecule has 8 nitrogen and oxygen atoms in total. The van der Waals surface area contributed by atoms with E-state index in [0.29, 0.717) is 33.7 Å². The molecule has 198 valence electrons. The average molecular weight is 559 g/mol. The second kappa shape index (κ2) is 12.2. The van der Waals surface area contributed by atoms with Crippen LogP contribution in [0.3, 0.4) is 0 Å². The van der Waals surface area contributed by atoms with E-state index in [1.807, 2.05) is 27.7 Å². The van der Waals surface area contributed by atoms with Crippen molar-refractivity contribution in [1.82, 2.24) is 10.2 Å². The van der Waals surface area contributed by atoms with Crippen molar-refractivity contribution in [2.75, 3.05) is 23.7 Å². The summed E-state index contributed by atoms with van der Waals surface area (Å²) in [7, 11) is -3.83. The molecular weight excluding hydrogens is 525 g/mol. The van der Waals surface area contributed by atoms with Crippen LogP contribution in [0.4, 0.5) is 5.69 Å². The Balaban J connectivity index is 2.41. The van der Waals surface area contributed by atoms with Crippen molar-refractivity contribution in [3.8, 4) is 5.75 Å². The number of carbonyl (C=O) groups excluding carboxylic acids is 2. The fourth-order valence-corrected chi connectivity index (χ4v) is 4.55. The molecule has 2 amide bonds. The van der Waals surface area contributed by atoms with Crippen LogP contribution in [0.5, 0.6) is 5.75 Å². The zero-order valence-corrected chi connectivity index (χ0v) is 23.7. The summed E-state index contributed by atoms with van der Waals surface area (Å²) in [4.78, 5) is 27.9. The van der Waals surface area contributed by atoms with E-state index in [1.54, 1.807) is 49.4 Å². The summed E-state index contributed by atoms with van der Waals surface area (Å²) in [6.45, 7) is 8.93. The molecule has 0 aliphatic heterocycles. The molecule has 11 heteroatoms. The number of hydrogen-bond donors (Lipinski definition) is 1. The van der Waals surface area contributed by atoms with Crippen LogP contribution >= 0.6 is 23.2 Å². The quantitative estimate of drug-likeness (QED) is 0.464. The number of carbonyl (C=O) groups is 2. The molecule has 0 aliphatic carbocycles. The zero-order valence-electron chi connectivity index (χ0n) is 21.3. The molecular formula is C25H33Cl2N3O5S. The lowest BCUT2D eigenvalue weighted by Crippen LogP contribution is -2.54. The van der Waals surface area contributed by atoms with Crippen LogP contribution in [-0.2, 0) is 26.2 Å². The van der Waals surface area contributed by atoms with Gasteiger partial charge >= 0.3 is 0 Å². The molecule has 0 aliphatic rings. The first-order valence-corrected chi connectivity index (χ1v) is 14.0. The van der Waals surface area contributed by atoms with Crippen molar-refractivity contribution in [2.45, 2.75) is 52.7 Å². The maximum absolute atomic E-state index is 13.6. The number of benzene rings is 2. The maximum atomic E-state index is 13.6. The van der Waals surface area contributed by atoms with Crippen molar-refractivity contribution in [2.24, 2.45) is 0 Å². The predicted octanol–water partition coefficient (Wildman–Crippen LogP) is 4.49. The summed E-state index contributed by atoms with van der Waals surface area (Å²) in [6, 6.07) is 10.4. The molecule has 1 atom stereocenters. The van der Waals surface area contributed by atoms with Gasteiger partial charge in [-0.2, -0.15) is 0 Å². The minimum atomic E-state index is -3.83. The summed E-state index contributed by atoms with van der Waals surface area (Å²) in [5.41, 5.74) is 0.417. The highest BCUT2D eigenvalue weighted by molar-refractivity contribution is 7.92. The first-order valence-electron chi connectivity index (χ1n) is 11.4. The van der Waals surface area contributed by atoms with Crippen LogP contribution in [0.25, 0.3) is 0 Å². The lowest BCUT2D eigenvalue weighted by atomic mass is 10.1. The fraction of sp³-hybridized carbons (Fsp3) is 0.440. The van der Waals surface area contributed by atoms with Gasteiger partial charge in [-0.3, -0.25) is 13.9 Å². The molecule has 0 bridgehead atoms. The van der Waals surface area contributed by atoms with E-state index < -0.39 is 34.1 Å². The molecule has 0 saturated heterocycles. The molecule has 36 heavy (non-hydrogen) atoms. The van der Waals surface area contributed by atoms with E-state index in [-0.39, 0.29) is 12.5 Å². The van der Waals surface area contributed by atoms with Gasteiger partial charge in [0.05, 0.1) is 28.6 Å². The molecule has 2 aromatic rings. The van der Waals surface area contributed by atoms with Crippen molar-refractivity contribution < 1.29 is 22.7 Å². The fourth-order valence-electron chi connectivity index (χ4n) is 3.38. The summed E-state index contributed by atoms with van der Waals surface area (Å²) < 4.78 is 31.7. The molecule has 0 unspecified atom stereocenters. The first kappa shape index (κ1) is 29.7. The minimum Gasteiger partial charge on any atom is -0.494 e. The highest BCUT2D eigenvalue weighted by atomic mass is 35.5. The number of ether oxygens (including phenoxy) is 1. The Labute approximate surface area is 223 Å². The van der Waals surface area contributed by atoms with Gasteiger partial charge in [-0.1, -0.05) is 29.3 Å². The van der Waals surface area contributed by atoms with Crippen molar-refractivity contribution in [3.05, 3.63) is 58.1 Å². The van der Waals surface area contributed by atoms with E-state index >= 15 is 0 Å². The Bertz CT molecular complexity index is 1180. The number of amides is 2. The third-order valence-corrected chi connectivity index (χ3v) is 7.00. The number of rotatable bonds is 10. The Morgan fingerprint density at radius 1 is 1.06 bits per heavy atom. The molecule has 2 rings (SSSR count). The largest absolute Gasteiger partial charge is 0.494 e. The third-order valence-electron chi connectivity index (χ3n) is 5.12. The van der Waals surface area contributed by atoms with Crippen LogP contribution in [0.2, 0.25) is 10.0 Å². The molecule has 2 aromatic carbocycles. The normalized spacial score (nSPS) is 12.6. The average Bonchev–Trinajstić information content (AvgIpc) is 2.76. The lowest BCUT2D eigenvalue weighted by Gasteiger charge is -2.33. The standard InChI is InChI=1S/C25H33Cl2N3O5S/c1-7-35-20-11-9-19(10-12-20)30(36(6,33)34)16-23(31)29(17(2)24(32)28-25(3,4)5)15-18-8-13-21(26)22(27)14-18/h8-14,17H,7,15-16H2,1-6H3,(H,28,32)/t17-/m0/s1. The number of nitrogens with one attached hydrogen (secondary N) is 1. The third kappa shape index (κ3) is 8.57. The van der Waals surface area contributed by atoms with E-state index in [9.17, 15) is 18.0 Å². The highest BCUT2D eigenvalue weighted by Gasteiger charge is 2.31. The molecule has 0 fully saturated rings. The van der Waals surface area contributed by atoms with Crippen LogP contribution < -0.4 is 14.4 Å². The van der Waals surface area contributed by atoms with E-state index in [1.165, 1.54) is 4.90 Å². The van der Waals surface area contributed by atoms with E-state index in [2.05, 4.69) is 5.32 Å². The number of sulfonamides is 1. The Morgan fingerprint density at radius 2 is 1.67 bits per heavy atom. The van der Waals surface area contributed by atoms with Crippen LogP contribution in [0.15, 0.2) is 42.5 Å². The van der Waals surface area contributed by atoms with Crippen molar-refractivity contribution >= 4 is 50.7 Å². The van der Waals surface area contributed by atoms with Gasteiger partial charge in [-0.15, -0.1) is 0 Å². The van der Waals surface area contributed by atoms with Gasteiger partial charge in [0.15, 0.2) is 0 Å². The highest BCUT2D eigenvalue weighted by Crippen LogP contribution is 2.25. The number of nitrogens with zero attached hydrogens (tertiary/aromatic N) is 2. The van der Waals surface area contributed by atoms with Gasteiger partial charge in [-0.25, -0.2) is 8.42 Å². The lowest BCUT2D eigenvalue weighted by molar-refractivity contribution is -0.140. The summed E-state index contributed by atoms with van der Waals surface area (Å²) in [6.07, 6.45) is 1.02. The maximum Gasteiger partial charge on any atom is 0.244 e. The Morgan fingerprint density at radius 3 is 2.17 bits per heavy atom. The summed E-state index contributed by atoms with van der Waals surface area (Å²) in [5.74, 6) is -0.352. The zero-order chi connectivity index (χ0) is 27.3. The molecule has 1 N–H and O–H groups in total. The van der Waals surface area contributed by atoms with Gasteiger partial charge in [0.25, 0.3) is 0 Å². The molecule has 0 aromatic heterocycles. The number of anilines is 1. The van der Waals surface area contributed by atoms with Gasteiger partial charge < -0.3 is 15.0 Å². The van der Waals surface area contributed by atoms with Crippen LogP contribution in [-0.4, -0.2) is 56.1 Å². The summed E-state index contributed by atoms with van der Waals surface area (Å²) in [5, 5.41) is 3.53. The SMILES string of the molecule is CCOc1ccc(N(CC(=O)N(Cc2ccc(Cl)c(Cl)c2)[C@@H](C)C(=O)NC(C)(C)C)S(C)(=O)=O)cc1. The number of hydrogen-bond acceptors (Lipinski definition) is 5. The van der Waals surface area contributed by atoms with Gasteiger partial charge in [0.1, 0.15) is 18.3 Å². The summed E-state index contributed by atoms with van der Waals surface area (Å²) >= 11 is 12.2.